The quantitative estimate of drug-likeness (QED) is 0.179. The van der Waals surface area contributed by atoms with Crippen LogP contribution in [0.25, 0.3) is 27.6 Å². The number of aliphatic imine (C=N–C) groups is 1. The van der Waals surface area contributed by atoms with Crippen LogP contribution in [0.1, 0.15) is 98.1 Å². The van der Waals surface area contributed by atoms with E-state index in [1.807, 2.05) is 6.20 Å². The predicted octanol–water partition coefficient (Wildman–Crippen LogP) is 12.2. The highest BCUT2D eigenvalue weighted by Crippen LogP contribution is 2.50. The van der Waals surface area contributed by atoms with Gasteiger partial charge in [0.2, 0.25) is 0 Å². The Bertz CT molecular complexity index is 2620. The largest absolute Gasteiger partial charge is 0.457 e. The number of rotatable bonds is 5. The summed E-state index contributed by atoms with van der Waals surface area (Å²) in [5.74, 6) is 3.56. The molecule has 0 bridgehead atoms. The van der Waals surface area contributed by atoms with Gasteiger partial charge >= 0.3 is 0 Å². The second kappa shape index (κ2) is 12.4. The number of aromatic nitrogens is 2. The van der Waals surface area contributed by atoms with Crippen LogP contribution in [0.2, 0.25) is 0 Å². The average Bonchev–Trinajstić information content (AvgIpc) is 3.81. The molecule has 0 saturated carbocycles. The van der Waals surface area contributed by atoms with Crippen LogP contribution in [0.4, 0.5) is 0 Å². The Balaban J connectivity index is 1.15. The summed E-state index contributed by atoms with van der Waals surface area (Å²) >= 11 is 0. The lowest BCUT2D eigenvalue weighted by Crippen LogP contribution is -2.27. The van der Waals surface area contributed by atoms with Gasteiger partial charge in [0, 0.05) is 35.1 Å². The minimum atomic E-state index is -0.00654. The fourth-order valence-corrected chi connectivity index (χ4v) is 8.47. The molecule has 5 heteroatoms. The highest BCUT2D eigenvalue weighted by molar-refractivity contribution is 6.10. The molecular weight excluding hydrogens is 661 g/mol. The molecule has 0 unspecified atom stereocenters. The Labute approximate surface area is 319 Å². The van der Waals surface area contributed by atoms with E-state index in [4.69, 9.17) is 14.7 Å². The monoisotopic (exact) mass is 708 g/mol. The first-order valence-corrected chi connectivity index (χ1v) is 19.2. The number of benzene rings is 5. The number of ether oxygens (including phenoxy) is 1. The Morgan fingerprint density at radius 1 is 0.667 bits per heavy atom. The Hall–Kier alpha value is -5.68. The van der Waals surface area contributed by atoms with Crippen molar-refractivity contribution in [3.8, 4) is 17.3 Å². The first-order chi connectivity index (χ1) is 25.8. The van der Waals surface area contributed by atoms with Crippen molar-refractivity contribution in [2.45, 2.75) is 84.8 Å². The van der Waals surface area contributed by atoms with Crippen molar-refractivity contribution >= 4 is 27.6 Å². The van der Waals surface area contributed by atoms with Crippen molar-refractivity contribution in [3.63, 3.8) is 0 Å². The summed E-state index contributed by atoms with van der Waals surface area (Å²) in [4.78, 5) is 12.9. The van der Waals surface area contributed by atoms with E-state index in [2.05, 4.69) is 180 Å². The predicted molar refractivity (Wildman–Crippen MR) is 222 cm³/mol. The standard InChI is InChI=1S/C49H48N4O/c1-30-24-31(2)43(28-39(30)47-51-45(32-14-10-9-11-15-32)46-37-17-13-12-16-33(37)29-52(46)47)54-36-19-20-38-40-25-34(48(3,4)5)18-21-41(40)53(42(38)27-36)44-26-35(22-23-50-44)49(6,7)8/h9-28,45-46H,29H2,1-8H3/t45-,46+/m1/s1. The molecule has 4 heterocycles. The van der Waals surface area contributed by atoms with Gasteiger partial charge in [-0.3, -0.25) is 9.56 Å². The first kappa shape index (κ1) is 34.1. The van der Waals surface area contributed by atoms with Crippen molar-refractivity contribution in [3.05, 3.63) is 166 Å². The van der Waals surface area contributed by atoms with Crippen LogP contribution >= 0.6 is 0 Å². The molecule has 0 radical (unpaired) electrons. The number of hydrogen-bond donors (Lipinski definition) is 0. The smallest absolute Gasteiger partial charge is 0.137 e. The lowest BCUT2D eigenvalue weighted by Gasteiger charge is -2.25. The van der Waals surface area contributed by atoms with Gasteiger partial charge in [-0.25, -0.2) is 4.98 Å². The minimum Gasteiger partial charge on any atom is -0.457 e. The number of hydrogen-bond acceptors (Lipinski definition) is 4. The lowest BCUT2D eigenvalue weighted by molar-refractivity contribution is 0.341. The van der Waals surface area contributed by atoms with Crippen LogP contribution < -0.4 is 4.74 Å². The highest BCUT2D eigenvalue weighted by Gasteiger charge is 2.44. The van der Waals surface area contributed by atoms with Gasteiger partial charge in [0.25, 0.3) is 0 Å². The van der Waals surface area contributed by atoms with Crippen molar-refractivity contribution < 1.29 is 4.74 Å². The molecule has 7 aromatic rings. The maximum absolute atomic E-state index is 6.89. The number of amidine groups is 1. The average molecular weight is 709 g/mol. The SMILES string of the molecule is Cc1cc(C)c(C2=N[C@H](c3ccccc3)[C@@H]3c4ccccc4CN23)cc1Oc1ccc2c3cc(C(C)(C)C)ccc3n(-c3cc(C(C)(C)C)ccn3)c2c1. The van der Waals surface area contributed by atoms with E-state index in [0.717, 1.165) is 51.9 Å². The zero-order valence-corrected chi connectivity index (χ0v) is 32.6. The maximum atomic E-state index is 6.89. The van der Waals surface area contributed by atoms with Crippen LogP contribution in [0.15, 0.2) is 126 Å². The summed E-state index contributed by atoms with van der Waals surface area (Å²) in [5.41, 5.74) is 12.1. The van der Waals surface area contributed by atoms with E-state index in [-0.39, 0.29) is 22.9 Å². The summed E-state index contributed by atoms with van der Waals surface area (Å²) in [6.45, 7) is 18.7. The zero-order valence-electron chi connectivity index (χ0n) is 32.6. The molecule has 5 aromatic carbocycles. The minimum absolute atomic E-state index is 0.00654. The summed E-state index contributed by atoms with van der Waals surface area (Å²) in [6.07, 6.45) is 1.94. The number of pyridine rings is 1. The molecular formula is C49H48N4O. The van der Waals surface area contributed by atoms with Crippen molar-refractivity contribution in [1.82, 2.24) is 14.5 Å². The number of aryl methyl sites for hydroxylation is 2. The Morgan fingerprint density at radius 3 is 2.19 bits per heavy atom. The zero-order chi connectivity index (χ0) is 37.5. The molecule has 0 N–H and O–H groups in total. The van der Waals surface area contributed by atoms with Crippen LogP contribution in [-0.4, -0.2) is 20.3 Å². The Kier molecular flexibility index (Phi) is 7.86. The molecule has 2 aliphatic rings. The molecule has 2 aromatic heterocycles. The molecule has 9 rings (SSSR count). The lowest BCUT2D eigenvalue weighted by atomic mass is 9.86. The third kappa shape index (κ3) is 5.69. The summed E-state index contributed by atoms with van der Waals surface area (Å²) in [6, 6.07) is 42.0. The van der Waals surface area contributed by atoms with E-state index in [9.17, 15) is 0 Å². The van der Waals surface area contributed by atoms with Crippen molar-refractivity contribution in [2.75, 3.05) is 0 Å². The third-order valence-electron chi connectivity index (χ3n) is 11.5. The summed E-state index contributed by atoms with van der Waals surface area (Å²) in [7, 11) is 0. The second-order valence-electron chi connectivity index (χ2n) is 17.3. The van der Waals surface area contributed by atoms with Gasteiger partial charge in [-0.2, -0.15) is 0 Å². The number of nitrogens with zero attached hydrogens (tertiary/aromatic N) is 4. The molecule has 0 aliphatic carbocycles. The molecule has 54 heavy (non-hydrogen) atoms. The normalized spacial score (nSPS) is 16.9. The molecule has 0 saturated heterocycles. The van der Waals surface area contributed by atoms with Crippen LogP contribution in [0.3, 0.4) is 0 Å². The van der Waals surface area contributed by atoms with E-state index in [1.165, 1.54) is 44.2 Å². The van der Waals surface area contributed by atoms with E-state index in [0.29, 0.717) is 0 Å². The van der Waals surface area contributed by atoms with Gasteiger partial charge in [-0.1, -0.05) is 108 Å². The summed E-state index contributed by atoms with van der Waals surface area (Å²) in [5, 5.41) is 2.40. The third-order valence-corrected chi connectivity index (χ3v) is 11.5. The molecule has 0 fully saturated rings. The molecule has 0 spiro atoms. The van der Waals surface area contributed by atoms with Gasteiger partial charge in [-0.15, -0.1) is 0 Å². The van der Waals surface area contributed by atoms with E-state index < -0.39 is 0 Å². The van der Waals surface area contributed by atoms with E-state index in [1.54, 1.807) is 0 Å². The fraction of sp³-hybridized carbons (Fsp3) is 0.265. The van der Waals surface area contributed by atoms with Gasteiger partial charge in [0.1, 0.15) is 29.2 Å². The van der Waals surface area contributed by atoms with Crippen LogP contribution in [-0.2, 0) is 17.4 Å². The Morgan fingerprint density at radius 2 is 1.41 bits per heavy atom. The van der Waals surface area contributed by atoms with Crippen LogP contribution in [0.5, 0.6) is 11.5 Å². The van der Waals surface area contributed by atoms with Gasteiger partial charge in [0.05, 0.1) is 17.1 Å². The van der Waals surface area contributed by atoms with Gasteiger partial charge in [0.15, 0.2) is 0 Å². The van der Waals surface area contributed by atoms with Crippen molar-refractivity contribution in [1.29, 1.82) is 0 Å². The molecule has 270 valence electrons. The first-order valence-electron chi connectivity index (χ1n) is 19.2. The van der Waals surface area contributed by atoms with Gasteiger partial charge < -0.3 is 9.64 Å². The van der Waals surface area contributed by atoms with E-state index >= 15 is 0 Å². The molecule has 2 aliphatic heterocycles. The maximum Gasteiger partial charge on any atom is 0.137 e. The van der Waals surface area contributed by atoms with Crippen molar-refractivity contribution in [2.24, 2.45) is 4.99 Å². The molecule has 2 atom stereocenters. The van der Waals surface area contributed by atoms with Crippen LogP contribution in [0, 0.1) is 13.8 Å². The molecule has 5 nitrogen and oxygen atoms in total. The topological polar surface area (TPSA) is 42.6 Å². The highest BCUT2D eigenvalue weighted by atomic mass is 16.5. The number of fused-ring (bicyclic) bond motifs is 6. The summed E-state index contributed by atoms with van der Waals surface area (Å²) < 4.78 is 9.19. The molecule has 0 amide bonds. The second-order valence-corrected chi connectivity index (χ2v) is 17.3. The fourth-order valence-electron chi connectivity index (χ4n) is 8.47. The van der Waals surface area contributed by atoms with Gasteiger partial charge in [-0.05, 0) is 106 Å².